The minimum absolute atomic E-state index is 0.137. The Kier molecular flexibility index (Phi) is 7.96. The van der Waals surface area contributed by atoms with Crippen LogP contribution in [0.15, 0.2) is 115 Å². The number of fused-ring (bicyclic) bond motifs is 4. The van der Waals surface area contributed by atoms with Crippen molar-refractivity contribution in [1.82, 2.24) is 4.90 Å². The number of alkyl halides is 2. The lowest BCUT2D eigenvalue weighted by Crippen LogP contribution is -2.60. The molecule has 3 fully saturated rings. The second kappa shape index (κ2) is 12.3. The summed E-state index contributed by atoms with van der Waals surface area (Å²) in [5.41, 5.74) is 3.90. The number of carbonyl (C=O) groups excluding carboxylic acids is 4. The first-order valence-electron chi connectivity index (χ1n) is 16.7. The van der Waals surface area contributed by atoms with Gasteiger partial charge in [0, 0.05) is 36.0 Å². The molecule has 2 aliphatic carbocycles. The Hall–Kier alpha value is -5.12. The average Bonchev–Trinajstić information content (AvgIpc) is 3.47. The van der Waals surface area contributed by atoms with Gasteiger partial charge in [0.1, 0.15) is 18.1 Å². The van der Waals surface area contributed by atoms with Crippen LogP contribution in [0.5, 0.6) is 11.5 Å². The second-order valence-corrected chi connectivity index (χ2v) is 14.8. The fourth-order valence-electron chi connectivity index (χ4n) is 8.32. The predicted molar refractivity (Wildman–Crippen MR) is 193 cm³/mol. The molecule has 9 nitrogen and oxygen atoms in total. The first kappa shape index (κ1) is 33.0. The van der Waals surface area contributed by atoms with Gasteiger partial charge in [-0.05, 0) is 66.8 Å². The van der Waals surface area contributed by atoms with E-state index in [4.69, 9.17) is 27.9 Å². The number of rotatable bonds is 7. The van der Waals surface area contributed by atoms with Crippen LogP contribution in [0.4, 0.5) is 17.1 Å². The zero-order valence-corrected chi connectivity index (χ0v) is 29.0. The van der Waals surface area contributed by atoms with E-state index in [1.54, 1.807) is 36.4 Å². The molecule has 2 heterocycles. The zero-order valence-electron chi connectivity index (χ0n) is 27.5. The van der Waals surface area contributed by atoms with Gasteiger partial charge in [0.2, 0.25) is 11.8 Å². The van der Waals surface area contributed by atoms with Crippen LogP contribution in [-0.4, -0.2) is 50.4 Å². The molecule has 4 aromatic carbocycles. The Balaban J connectivity index is 1.14. The molecule has 0 spiro atoms. The standard InChI is InChI=1S/C40H33Cl2N3O6/c1-44-37(49)39(41)21-31-28(34(40(39,42)38(44)50)29-17-16-27(20-32(29)46)51-22-23-8-4-2-5-9-23)18-19-30-33(31)36(48)45(35(30)47)26-14-12-25(13-15-26)43-24-10-6-3-7-11-24/h2-18,20,30-31,33-34,43,46H,19,21-22H2,1H3/t30-,31+,33-,34+,39+,40-/m0/s1. The number of halogens is 2. The number of aromatic hydroxyl groups is 1. The number of phenolic OH excluding ortho intramolecular Hbond substituents is 1. The van der Waals surface area contributed by atoms with Gasteiger partial charge in [-0.25, -0.2) is 0 Å². The molecule has 11 heteroatoms. The molecule has 258 valence electrons. The number of nitrogens with one attached hydrogen (secondary N) is 1. The summed E-state index contributed by atoms with van der Waals surface area (Å²) in [4.78, 5) is 54.2. The zero-order chi connectivity index (χ0) is 35.7. The molecule has 0 radical (unpaired) electrons. The topological polar surface area (TPSA) is 116 Å². The number of carbonyl (C=O) groups is 4. The van der Waals surface area contributed by atoms with Gasteiger partial charge in [-0.1, -0.05) is 66.2 Å². The average molecular weight is 723 g/mol. The fourth-order valence-corrected chi connectivity index (χ4v) is 9.34. The highest BCUT2D eigenvalue weighted by Gasteiger charge is 2.76. The number of para-hydroxylation sites is 1. The van der Waals surface area contributed by atoms with Gasteiger partial charge in [0.15, 0.2) is 9.75 Å². The minimum atomic E-state index is -2.01. The van der Waals surface area contributed by atoms with E-state index in [0.29, 0.717) is 17.0 Å². The van der Waals surface area contributed by atoms with Crippen molar-refractivity contribution in [2.45, 2.75) is 35.1 Å². The van der Waals surface area contributed by atoms with Gasteiger partial charge in [0.05, 0.1) is 17.5 Å². The highest BCUT2D eigenvalue weighted by atomic mass is 35.5. The highest BCUT2D eigenvalue weighted by molar-refractivity contribution is 6.53. The Morgan fingerprint density at radius 2 is 1.49 bits per heavy atom. The predicted octanol–water partition coefficient (Wildman–Crippen LogP) is 6.91. The molecular formula is C40H33Cl2N3O6. The normalized spacial score (nSPS) is 28.3. The lowest BCUT2D eigenvalue weighted by atomic mass is 9.56. The van der Waals surface area contributed by atoms with Gasteiger partial charge >= 0.3 is 0 Å². The smallest absolute Gasteiger partial charge is 0.253 e. The Bertz CT molecular complexity index is 2110. The monoisotopic (exact) mass is 721 g/mol. The summed E-state index contributed by atoms with van der Waals surface area (Å²) in [5.74, 6) is -5.32. The summed E-state index contributed by atoms with van der Waals surface area (Å²) in [6.07, 6.45) is 1.91. The van der Waals surface area contributed by atoms with Crippen LogP contribution >= 0.6 is 23.2 Å². The summed E-state index contributed by atoms with van der Waals surface area (Å²) in [5, 5.41) is 14.8. The number of hydrogen-bond donors (Lipinski definition) is 2. The molecule has 0 bridgehead atoms. The molecule has 6 atom stereocenters. The summed E-state index contributed by atoms with van der Waals surface area (Å²) < 4.78 is 5.93. The minimum Gasteiger partial charge on any atom is -0.508 e. The Morgan fingerprint density at radius 1 is 0.824 bits per heavy atom. The summed E-state index contributed by atoms with van der Waals surface area (Å²) in [7, 11) is 1.33. The van der Waals surface area contributed by atoms with Crippen molar-refractivity contribution in [3.63, 3.8) is 0 Å². The van der Waals surface area contributed by atoms with E-state index < -0.39 is 51.1 Å². The number of anilines is 3. The van der Waals surface area contributed by atoms with Crippen LogP contribution in [-0.2, 0) is 25.8 Å². The summed E-state index contributed by atoms with van der Waals surface area (Å²) >= 11 is 14.6. The second-order valence-electron chi connectivity index (χ2n) is 13.5. The number of nitrogens with zero attached hydrogens (tertiary/aromatic N) is 2. The first-order valence-corrected chi connectivity index (χ1v) is 17.5. The van der Waals surface area contributed by atoms with Crippen LogP contribution in [0, 0.1) is 17.8 Å². The number of hydrogen-bond acceptors (Lipinski definition) is 7. The lowest BCUT2D eigenvalue weighted by molar-refractivity contribution is -0.138. The van der Waals surface area contributed by atoms with E-state index in [1.807, 2.05) is 66.7 Å². The number of amides is 4. The molecule has 0 aromatic heterocycles. The van der Waals surface area contributed by atoms with Gasteiger partial charge < -0.3 is 15.2 Å². The van der Waals surface area contributed by atoms with Crippen LogP contribution < -0.4 is 15.0 Å². The molecular weight excluding hydrogens is 689 g/mol. The number of benzene rings is 4. The number of ether oxygens (including phenoxy) is 1. The molecule has 0 unspecified atom stereocenters. The van der Waals surface area contributed by atoms with Crippen molar-refractivity contribution >= 4 is 63.9 Å². The van der Waals surface area contributed by atoms with Crippen molar-refractivity contribution in [2.75, 3.05) is 17.3 Å². The molecule has 4 aliphatic rings. The van der Waals surface area contributed by atoms with Crippen molar-refractivity contribution < 1.29 is 29.0 Å². The van der Waals surface area contributed by atoms with Gasteiger partial charge in [-0.3, -0.25) is 29.0 Å². The van der Waals surface area contributed by atoms with Gasteiger partial charge in [-0.2, -0.15) is 0 Å². The van der Waals surface area contributed by atoms with Crippen molar-refractivity contribution in [2.24, 2.45) is 17.8 Å². The summed E-state index contributed by atoms with van der Waals surface area (Å²) in [6.45, 7) is 0.264. The lowest BCUT2D eigenvalue weighted by Gasteiger charge is -2.50. The largest absolute Gasteiger partial charge is 0.508 e. The number of allylic oxidation sites excluding steroid dienone is 2. The third-order valence-electron chi connectivity index (χ3n) is 10.8. The van der Waals surface area contributed by atoms with Crippen molar-refractivity contribution in [3.05, 3.63) is 126 Å². The molecule has 51 heavy (non-hydrogen) atoms. The number of likely N-dealkylation sites (tertiary alicyclic amines) is 1. The van der Waals surface area contributed by atoms with Crippen LogP contribution in [0.2, 0.25) is 0 Å². The van der Waals surface area contributed by atoms with Crippen molar-refractivity contribution in [1.29, 1.82) is 0 Å². The SMILES string of the molecule is CN1C(=O)[C@]2(Cl)C[C@@H]3C(=CC[C@@H]4C(=O)N(c5ccc(Nc6ccccc6)cc5)C(=O)[C@@H]43)[C@H](c3ccc(OCc4ccccc4)cc3O)[C@]2(Cl)C1=O. The van der Waals surface area contributed by atoms with Crippen LogP contribution in [0.1, 0.15) is 29.9 Å². The maximum absolute atomic E-state index is 14.4. The van der Waals surface area contributed by atoms with Crippen molar-refractivity contribution in [3.8, 4) is 11.5 Å². The van der Waals surface area contributed by atoms with E-state index in [9.17, 15) is 24.3 Å². The quantitative estimate of drug-likeness (QED) is 0.121. The van der Waals surface area contributed by atoms with E-state index in [1.165, 1.54) is 18.0 Å². The molecule has 8 rings (SSSR count). The van der Waals surface area contributed by atoms with Gasteiger partial charge in [0.25, 0.3) is 11.8 Å². The highest BCUT2D eigenvalue weighted by Crippen LogP contribution is 2.66. The van der Waals surface area contributed by atoms with Gasteiger partial charge in [-0.15, -0.1) is 23.2 Å². The molecule has 2 saturated heterocycles. The number of imide groups is 2. The van der Waals surface area contributed by atoms with E-state index in [2.05, 4.69) is 5.32 Å². The maximum Gasteiger partial charge on any atom is 0.253 e. The van der Waals surface area contributed by atoms with E-state index in [0.717, 1.165) is 21.8 Å². The third kappa shape index (κ3) is 5.05. The molecule has 1 saturated carbocycles. The Morgan fingerprint density at radius 3 is 2.18 bits per heavy atom. The van der Waals surface area contributed by atoms with Crippen LogP contribution in [0.3, 0.4) is 0 Å². The third-order valence-corrected chi connectivity index (χ3v) is 12.2. The maximum atomic E-state index is 14.4. The van der Waals surface area contributed by atoms with E-state index >= 15 is 0 Å². The number of phenols is 1. The van der Waals surface area contributed by atoms with Crippen LogP contribution in [0.25, 0.3) is 0 Å². The summed E-state index contributed by atoms with van der Waals surface area (Å²) in [6, 6.07) is 30.9. The van der Waals surface area contributed by atoms with E-state index in [-0.39, 0.29) is 36.7 Å². The molecule has 4 amide bonds. The molecule has 2 aliphatic heterocycles. The molecule has 4 aromatic rings. The first-order chi connectivity index (χ1) is 24.5. The molecule has 2 N–H and O–H groups in total. The Labute approximate surface area is 304 Å². The fraction of sp³-hybridized carbons (Fsp3) is 0.250.